The van der Waals surface area contributed by atoms with Crippen molar-refractivity contribution in [2.75, 3.05) is 19.0 Å². The Hall–Kier alpha value is -1.16. The molecule has 0 radical (unpaired) electrons. The Balaban J connectivity index is 3.35. The minimum Gasteiger partial charge on any atom is -0.371 e. The molecule has 0 fully saturated rings. The van der Waals surface area contributed by atoms with Crippen LogP contribution < -0.4 is 5.32 Å². The lowest BCUT2D eigenvalue weighted by Gasteiger charge is -2.28. The second kappa shape index (κ2) is 5.87. The maximum absolute atomic E-state index is 5.62. The molecular weight excluding hydrogens is 238 g/mol. The van der Waals surface area contributed by atoms with Gasteiger partial charge in [-0.15, -0.1) is 0 Å². The summed E-state index contributed by atoms with van der Waals surface area (Å²) in [5.74, 6) is 1.62. The third-order valence-electron chi connectivity index (χ3n) is 3.45. The van der Waals surface area contributed by atoms with E-state index >= 15 is 0 Å². The SMILES string of the molecule is CCNc1cc(C(C)(C)C)nc(C(C)(CC)OC)n1. The smallest absolute Gasteiger partial charge is 0.162 e. The van der Waals surface area contributed by atoms with Gasteiger partial charge in [-0.3, -0.25) is 0 Å². The maximum atomic E-state index is 5.62. The fourth-order valence-corrected chi connectivity index (χ4v) is 1.73. The minimum absolute atomic E-state index is 0.00967. The van der Waals surface area contributed by atoms with Gasteiger partial charge in [0.25, 0.3) is 0 Å². The van der Waals surface area contributed by atoms with Crippen LogP contribution in [0.5, 0.6) is 0 Å². The normalized spacial score (nSPS) is 15.1. The first-order chi connectivity index (χ1) is 8.76. The van der Waals surface area contributed by atoms with Crippen molar-refractivity contribution in [2.24, 2.45) is 0 Å². The molecule has 1 rings (SSSR count). The first-order valence-corrected chi connectivity index (χ1v) is 6.96. The van der Waals surface area contributed by atoms with Crippen LogP contribution in [0.3, 0.4) is 0 Å². The summed E-state index contributed by atoms with van der Waals surface area (Å²) in [6, 6.07) is 2.03. The Morgan fingerprint density at radius 1 is 1.16 bits per heavy atom. The third-order valence-corrected chi connectivity index (χ3v) is 3.45. The lowest BCUT2D eigenvalue weighted by Crippen LogP contribution is -2.29. The molecule has 0 saturated heterocycles. The molecule has 0 aromatic carbocycles. The minimum atomic E-state index is -0.439. The van der Waals surface area contributed by atoms with E-state index in [4.69, 9.17) is 9.72 Å². The zero-order valence-corrected chi connectivity index (χ0v) is 13.3. The molecule has 1 aromatic heterocycles. The Labute approximate surface area is 117 Å². The van der Waals surface area contributed by atoms with Crippen LogP contribution in [-0.4, -0.2) is 23.6 Å². The number of nitrogens with one attached hydrogen (secondary N) is 1. The lowest BCUT2D eigenvalue weighted by molar-refractivity contribution is -0.00916. The monoisotopic (exact) mass is 265 g/mol. The maximum Gasteiger partial charge on any atom is 0.162 e. The number of ether oxygens (including phenoxy) is 1. The van der Waals surface area contributed by atoms with Gasteiger partial charge in [-0.1, -0.05) is 27.7 Å². The van der Waals surface area contributed by atoms with Gasteiger partial charge in [-0.2, -0.15) is 0 Å². The quantitative estimate of drug-likeness (QED) is 0.885. The standard InChI is InChI=1S/C15H27N3O/c1-8-15(6,19-7)13-17-11(14(3,4)5)10-12(18-13)16-9-2/h10H,8-9H2,1-7H3,(H,16,17,18). The molecule has 108 valence electrons. The van der Waals surface area contributed by atoms with E-state index in [1.165, 1.54) is 0 Å². The number of hydrogen-bond donors (Lipinski definition) is 1. The molecule has 0 aliphatic heterocycles. The average molecular weight is 265 g/mol. The van der Waals surface area contributed by atoms with Crippen LogP contribution >= 0.6 is 0 Å². The molecular formula is C15H27N3O. The highest BCUT2D eigenvalue weighted by atomic mass is 16.5. The average Bonchev–Trinajstić information content (AvgIpc) is 2.37. The highest BCUT2D eigenvalue weighted by Crippen LogP contribution is 2.29. The Bertz CT molecular complexity index is 420. The molecule has 1 aromatic rings. The third kappa shape index (κ3) is 3.66. The Kier molecular flexibility index (Phi) is 4.91. The van der Waals surface area contributed by atoms with Gasteiger partial charge in [0.1, 0.15) is 11.4 Å². The van der Waals surface area contributed by atoms with Gasteiger partial charge in [0, 0.05) is 25.1 Å². The molecule has 0 saturated carbocycles. The number of aromatic nitrogens is 2. The summed E-state index contributed by atoms with van der Waals surface area (Å²) in [7, 11) is 1.71. The molecule has 0 amide bonds. The summed E-state index contributed by atoms with van der Waals surface area (Å²) in [5.41, 5.74) is 0.584. The fourth-order valence-electron chi connectivity index (χ4n) is 1.73. The van der Waals surface area contributed by atoms with Gasteiger partial charge in [0.05, 0.1) is 5.69 Å². The Morgan fingerprint density at radius 2 is 1.79 bits per heavy atom. The predicted molar refractivity (Wildman–Crippen MR) is 79.5 cm³/mol. The van der Waals surface area contributed by atoms with E-state index in [0.29, 0.717) is 0 Å². The van der Waals surface area contributed by atoms with Crippen LogP contribution in [0.15, 0.2) is 6.07 Å². The summed E-state index contributed by atoms with van der Waals surface area (Å²) >= 11 is 0. The van der Waals surface area contributed by atoms with Crippen LogP contribution in [0.25, 0.3) is 0 Å². The van der Waals surface area contributed by atoms with Crippen molar-refractivity contribution in [1.29, 1.82) is 0 Å². The van der Waals surface area contributed by atoms with E-state index < -0.39 is 5.60 Å². The first kappa shape index (κ1) is 15.9. The summed E-state index contributed by atoms with van der Waals surface area (Å²) in [5, 5.41) is 3.27. The van der Waals surface area contributed by atoms with Gasteiger partial charge >= 0.3 is 0 Å². The molecule has 4 nitrogen and oxygen atoms in total. The van der Waals surface area contributed by atoms with Gasteiger partial charge in [-0.25, -0.2) is 9.97 Å². The van der Waals surface area contributed by atoms with Crippen molar-refractivity contribution in [1.82, 2.24) is 9.97 Å². The summed E-state index contributed by atoms with van der Waals surface area (Å²) in [6.07, 6.45) is 0.836. The van der Waals surface area contributed by atoms with E-state index in [1.807, 2.05) is 13.0 Å². The number of anilines is 1. The van der Waals surface area contributed by atoms with Crippen molar-refractivity contribution >= 4 is 5.82 Å². The molecule has 1 unspecified atom stereocenters. The van der Waals surface area contributed by atoms with E-state index in [0.717, 1.165) is 30.3 Å². The second-order valence-electron chi connectivity index (χ2n) is 6.03. The van der Waals surface area contributed by atoms with E-state index in [-0.39, 0.29) is 5.41 Å². The topological polar surface area (TPSA) is 47.0 Å². The summed E-state index contributed by atoms with van der Waals surface area (Å²) in [4.78, 5) is 9.33. The van der Waals surface area contributed by atoms with Crippen LogP contribution in [0.2, 0.25) is 0 Å². The first-order valence-electron chi connectivity index (χ1n) is 6.96. The second-order valence-corrected chi connectivity index (χ2v) is 6.03. The molecule has 4 heteroatoms. The summed E-state index contributed by atoms with van der Waals surface area (Å²) in [6.45, 7) is 13.5. The number of hydrogen-bond acceptors (Lipinski definition) is 4. The van der Waals surface area contributed by atoms with Crippen molar-refractivity contribution in [3.05, 3.63) is 17.6 Å². The van der Waals surface area contributed by atoms with Crippen molar-refractivity contribution < 1.29 is 4.74 Å². The number of nitrogens with zero attached hydrogens (tertiary/aromatic N) is 2. The molecule has 0 spiro atoms. The number of methoxy groups -OCH3 is 1. The fraction of sp³-hybridized carbons (Fsp3) is 0.733. The highest BCUT2D eigenvalue weighted by Gasteiger charge is 2.30. The van der Waals surface area contributed by atoms with Crippen LogP contribution in [-0.2, 0) is 15.8 Å². The molecule has 1 heterocycles. The van der Waals surface area contributed by atoms with Gasteiger partial charge in [0.15, 0.2) is 5.82 Å². The Morgan fingerprint density at radius 3 is 2.21 bits per heavy atom. The van der Waals surface area contributed by atoms with Crippen LogP contribution in [0.1, 0.15) is 59.5 Å². The molecule has 0 aliphatic rings. The lowest BCUT2D eigenvalue weighted by atomic mass is 9.91. The molecule has 0 bridgehead atoms. The van der Waals surface area contributed by atoms with Gasteiger partial charge in [-0.05, 0) is 20.3 Å². The van der Waals surface area contributed by atoms with Gasteiger partial charge in [0.2, 0.25) is 0 Å². The molecule has 19 heavy (non-hydrogen) atoms. The van der Waals surface area contributed by atoms with Crippen LogP contribution in [0, 0.1) is 0 Å². The molecule has 1 atom stereocenters. The molecule has 1 N–H and O–H groups in total. The number of rotatable bonds is 5. The van der Waals surface area contributed by atoms with E-state index in [2.05, 4.69) is 44.9 Å². The highest BCUT2D eigenvalue weighted by molar-refractivity contribution is 5.38. The van der Waals surface area contributed by atoms with E-state index in [9.17, 15) is 0 Å². The predicted octanol–water partition coefficient (Wildman–Crippen LogP) is 3.48. The van der Waals surface area contributed by atoms with Crippen molar-refractivity contribution in [3.8, 4) is 0 Å². The van der Waals surface area contributed by atoms with Crippen molar-refractivity contribution in [3.63, 3.8) is 0 Å². The molecule has 0 aliphatic carbocycles. The van der Waals surface area contributed by atoms with Crippen LogP contribution in [0.4, 0.5) is 5.82 Å². The zero-order valence-electron chi connectivity index (χ0n) is 13.3. The zero-order chi connectivity index (χ0) is 14.7. The van der Waals surface area contributed by atoms with Crippen molar-refractivity contribution in [2.45, 2.75) is 59.0 Å². The summed E-state index contributed by atoms with van der Waals surface area (Å²) < 4.78 is 5.62. The van der Waals surface area contributed by atoms with Gasteiger partial charge < -0.3 is 10.1 Å². The largest absolute Gasteiger partial charge is 0.371 e. The van der Waals surface area contributed by atoms with E-state index in [1.54, 1.807) is 7.11 Å².